The summed E-state index contributed by atoms with van der Waals surface area (Å²) in [5.74, 6) is -0.465. The number of aromatic nitrogens is 3. The molecule has 90 valence electrons. The van der Waals surface area contributed by atoms with Gasteiger partial charge in [0.25, 0.3) is 0 Å². The average Bonchev–Trinajstić information content (AvgIpc) is 2.71. The normalized spacial score (nSPS) is 10.8. The van der Waals surface area contributed by atoms with Crippen LogP contribution in [0.15, 0.2) is 24.5 Å². The summed E-state index contributed by atoms with van der Waals surface area (Å²) in [5.41, 5.74) is 2.59. The molecule has 0 aromatic carbocycles. The zero-order chi connectivity index (χ0) is 12.3. The molecule has 0 unspecified atom stereocenters. The maximum absolute atomic E-state index is 12.8. The number of hydrogen-bond donors (Lipinski definition) is 1. The van der Waals surface area contributed by atoms with Gasteiger partial charge in [-0.05, 0) is 30.5 Å². The molecule has 4 nitrogen and oxygen atoms in total. The number of pyridine rings is 1. The van der Waals surface area contributed by atoms with Crippen LogP contribution in [0.5, 0.6) is 0 Å². The Balaban J connectivity index is 2.13. The molecule has 0 saturated carbocycles. The van der Waals surface area contributed by atoms with E-state index < -0.39 is 5.95 Å². The van der Waals surface area contributed by atoms with Gasteiger partial charge in [0, 0.05) is 18.5 Å². The predicted octanol–water partition coefficient (Wildman–Crippen LogP) is 1.31. The maximum Gasteiger partial charge on any atom is 0.213 e. The first kappa shape index (κ1) is 11.7. The van der Waals surface area contributed by atoms with Gasteiger partial charge in [-0.3, -0.25) is 4.68 Å². The van der Waals surface area contributed by atoms with E-state index in [2.05, 4.69) is 10.1 Å². The fourth-order valence-electron chi connectivity index (χ4n) is 1.65. The molecule has 0 aliphatic carbocycles. The second-order valence-corrected chi connectivity index (χ2v) is 3.90. The topological polar surface area (TPSA) is 50.9 Å². The van der Waals surface area contributed by atoms with Crippen molar-refractivity contribution in [1.82, 2.24) is 14.8 Å². The first-order valence-electron chi connectivity index (χ1n) is 5.43. The number of aryl methyl sites for hydroxylation is 1. The molecule has 0 atom stereocenters. The molecule has 2 heterocycles. The fraction of sp³-hybridized carbons (Fsp3) is 0.333. The highest BCUT2D eigenvalue weighted by Gasteiger charge is 2.04. The third kappa shape index (κ3) is 2.88. The van der Waals surface area contributed by atoms with Crippen LogP contribution in [0.25, 0.3) is 0 Å². The van der Waals surface area contributed by atoms with Gasteiger partial charge in [-0.2, -0.15) is 9.49 Å². The predicted molar refractivity (Wildman–Crippen MR) is 61.1 cm³/mol. The van der Waals surface area contributed by atoms with Crippen molar-refractivity contribution in [2.45, 2.75) is 19.9 Å². The molecule has 0 aliphatic heterocycles. The second kappa shape index (κ2) is 5.05. The summed E-state index contributed by atoms with van der Waals surface area (Å²) in [6.45, 7) is 2.45. The molecule has 2 aromatic rings. The van der Waals surface area contributed by atoms with Crippen LogP contribution in [0.2, 0.25) is 0 Å². The smallest absolute Gasteiger partial charge is 0.213 e. The van der Waals surface area contributed by atoms with Crippen molar-refractivity contribution in [2.24, 2.45) is 0 Å². The standard InChI is InChI=1S/C12H14FN3O/c1-9-11(2-3-12(13)15-9)8-16-7-10(4-5-17)6-14-16/h2-3,6-7,17H,4-5,8H2,1H3. The van der Waals surface area contributed by atoms with E-state index in [0.717, 1.165) is 11.1 Å². The van der Waals surface area contributed by atoms with E-state index in [0.29, 0.717) is 18.7 Å². The third-order valence-electron chi connectivity index (χ3n) is 2.58. The lowest BCUT2D eigenvalue weighted by Crippen LogP contribution is -2.03. The van der Waals surface area contributed by atoms with E-state index in [1.807, 2.05) is 6.20 Å². The molecule has 2 aromatic heterocycles. The molecule has 17 heavy (non-hydrogen) atoms. The lowest BCUT2D eigenvalue weighted by atomic mass is 10.2. The highest BCUT2D eigenvalue weighted by Crippen LogP contribution is 2.09. The molecular weight excluding hydrogens is 221 g/mol. The third-order valence-corrected chi connectivity index (χ3v) is 2.58. The molecule has 1 N–H and O–H groups in total. The maximum atomic E-state index is 12.8. The Morgan fingerprint density at radius 1 is 1.41 bits per heavy atom. The Morgan fingerprint density at radius 2 is 2.24 bits per heavy atom. The molecule has 0 aliphatic rings. The number of aliphatic hydroxyl groups is 1. The van der Waals surface area contributed by atoms with Gasteiger partial charge >= 0.3 is 0 Å². The van der Waals surface area contributed by atoms with Crippen LogP contribution in [0.4, 0.5) is 4.39 Å². The van der Waals surface area contributed by atoms with Gasteiger partial charge in [-0.1, -0.05) is 6.07 Å². The molecule has 0 fully saturated rings. The Kier molecular flexibility index (Phi) is 3.49. The number of halogens is 1. The molecule has 0 saturated heterocycles. The first-order valence-corrected chi connectivity index (χ1v) is 5.43. The van der Waals surface area contributed by atoms with Crippen LogP contribution >= 0.6 is 0 Å². The number of hydrogen-bond acceptors (Lipinski definition) is 3. The summed E-state index contributed by atoms with van der Waals surface area (Å²) in [5, 5.41) is 13.0. The first-order chi connectivity index (χ1) is 8.19. The Bertz CT molecular complexity index is 510. The molecule has 2 rings (SSSR count). The van der Waals surface area contributed by atoms with Gasteiger partial charge in [-0.25, -0.2) is 4.98 Å². The van der Waals surface area contributed by atoms with E-state index >= 15 is 0 Å². The summed E-state index contributed by atoms with van der Waals surface area (Å²) < 4.78 is 14.6. The summed E-state index contributed by atoms with van der Waals surface area (Å²) in [4.78, 5) is 3.77. The zero-order valence-electron chi connectivity index (χ0n) is 9.60. The highest BCUT2D eigenvalue weighted by atomic mass is 19.1. The van der Waals surface area contributed by atoms with Crippen LogP contribution in [0.1, 0.15) is 16.8 Å². The van der Waals surface area contributed by atoms with Gasteiger partial charge in [0.2, 0.25) is 5.95 Å². The van der Waals surface area contributed by atoms with E-state index in [1.54, 1.807) is 23.9 Å². The van der Waals surface area contributed by atoms with Crippen molar-refractivity contribution >= 4 is 0 Å². The molecular formula is C12H14FN3O. The highest BCUT2D eigenvalue weighted by molar-refractivity contribution is 5.19. The molecule has 5 heteroatoms. The quantitative estimate of drug-likeness (QED) is 0.813. The van der Waals surface area contributed by atoms with Gasteiger partial charge in [0.15, 0.2) is 0 Å². The molecule has 0 bridgehead atoms. The number of rotatable bonds is 4. The summed E-state index contributed by atoms with van der Waals surface area (Å²) in [6, 6.07) is 3.06. The minimum atomic E-state index is -0.465. The molecule has 0 amide bonds. The summed E-state index contributed by atoms with van der Waals surface area (Å²) >= 11 is 0. The fourth-order valence-corrected chi connectivity index (χ4v) is 1.65. The Morgan fingerprint density at radius 3 is 2.94 bits per heavy atom. The lowest BCUT2D eigenvalue weighted by molar-refractivity contribution is 0.299. The van der Waals surface area contributed by atoms with Crippen LogP contribution < -0.4 is 0 Å². The zero-order valence-corrected chi connectivity index (χ0v) is 9.60. The van der Waals surface area contributed by atoms with Gasteiger partial charge in [0.1, 0.15) is 0 Å². The minimum Gasteiger partial charge on any atom is -0.396 e. The summed E-state index contributed by atoms with van der Waals surface area (Å²) in [6.07, 6.45) is 4.20. The second-order valence-electron chi connectivity index (χ2n) is 3.90. The van der Waals surface area contributed by atoms with Crippen molar-refractivity contribution in [3.05, 3.63) is 47.3 Å². The minimum absolute atomic E-state index is 0.114. The van der Waals surface area contributed by atoms with Gasteiger partial charge in [-0.15, -0.1) is 0 Å². The largest absolute Gasteiger partial charge is 0.396 e. The number of nitrogens with zero attached hydrogens (tertiary/aromatic N) is 3. The molecule has 0 spiro atoms. The van der Waals surface area contributed by atoms with E-state index in [-0.39, 0.29) is 6.61 Å². The monoisotopic (exact) mass is 235 g/mol. The molecule has 0 radical (unpaired) electrons. The Labute approximate surface area is 98.7 Å². The van der Waals surface area contributed by atoms with E-state index in [1.165, 1.54) is 6.07 Å². The van der Waals surface area contributed by atoms with Crippen LogP contribution in [-0.4, -0.2) is 26.5 Å². The van der Waals surface area contributed by atoms with Gasteiger partial charge < -0.3 is 5.11 Å². The van der Waals surface area contributed by atoms with Crippen molar-refractivity contribution in [1.29, 1.82) is 0 Å². The van der Waals surface area contributed by atoms with Crippen molar-refractivity contribution in [3.63, 3.8) is 0 Å². The van der Waals surface area contributed by atoms with Crippen molar-refractivity contribution in [2.75, 3.05) is 6.61 Å². The van der Waals surface area contributed by atoms with Crippen LogP contribution in [0, 0.1) is 12.9 Å². The number of aliphatic hydroxyl groups excluding tert-OH is 1. The average molecular weight is 235 g/mol. The van der Waals surface area contributed by atoms with E-state index in [9.17, 15) is 4.39 Å². The van der Waals surface area contributed by atoms with Crippen molar-refractivity contribution in [3.8, 4) is 0 Å². The van der Waals surface area contributed by atoms with Gasteiger partial charge in [0.05, 0.1) is 12.7 Å². The van der Waals surface area contributed by atoms with Crippen molar-refractivity contribution < 1.29 is 9.50 Å². The summed E-state index contributed by atoms with van der Waals surface area (Å²) in [7, 11) is 0. The van der Waals surface area contributed by atoms with Crippen LogP contribution in [0.3, 0.4) is 0 Å². The van der Waals surface area contributed by atoms with E-state index in [4.69, 9.17) is 5.11 Å². The Hall–Kier alpha value is -1.75. The lowest BCUT2D eigenvalue weighted by Gasteiger charge is -2.04. The van der Waals surface area contributed by atoms with Crippen LogP contribution in [-0.2, 0) is 13.0 Å². The SMILES string of the molecule is Cc1nc(F)ccc1Cn1cc(CCO)cn1.